The average molecular weight is 221 g/mol. The van der Waals surface area contributed by atoms with Crippen molar-refractivity contribution in [2.24, 2.45) is 5.73 Å². The standard InChI is InChI=1S/C13H19NO2/c1-2-3-4-11-9-10(5-7-12(11)15)6-8-13(14)16/h5,7,9,15H,2-4,6,8H2,1H3,(H2,14,16). The Balaban J connectivity index is 2.68. The molecule has 0 bridgehead atoms. The molecule has 0 radical (unpaired) electrons. The highest BCUT2D eigenvalue weighted by Gasteiger charge is 2.03. The number of phenols is 1. The van der Waals surface area contributed by atoms with Crippen LogP contribution in [-0.4, -0.2) is 11.0 Å². The van der Waals surface area contributed by atoms with Crippen molar-refractivity contribution in [3.63, 3.8) is 0 Å². The van der Waals surface area contributed by atoms with Crippen LogP contribution in [0.2, 0.25) is 0 Å². The van der Waals surface area contributed by atoms with Gasteiger partial charge in [0.25, 0.3) is 0 Å². The fourth-order valence-electron chi connectivity index (χ4n) is 1.63. The van der Waals surface area contributed by atoms with Gasteiger partial charge in [-0.2, -0.15) is 0 Å². The van der Waals surface area contributed by atoms with Gasteiger partial charge in [0.2, 0.25) is 5.91 Å². The number of amides is 1. The summed E-state index contributed by atoms with van der Waals surface area (Å²) in [5.41, 5.74) is 7.12. The van der Waals surface area contributed by atoms with Crippen molar-refractivity contribution in [3.8, 4) is 5.75 Å². The van der Waals surface area contributed by atoms with E-state index in [4.69, 9.17) is 5.73 Å². The molecular weight excluding hydrogens is 202 g/mol. The van der Waals surface area contributed by atoms with Gasteiger partial charge >= 0.3 is 0 Å². The van der Waals surface area contributed by atoms with Gasteiger partial charge in [0.1, 0.15) is 5.75 Å². The summed E-state index contributed by atoms with van der Waals surface area (Å²) < 4.78 is 0. The summed E-state index contributed by atoms with van der Waals surface area (Å²) in [7, 11) is 0. The Morgan fingerprint density at radius 2 is 2.12 bits per heavy atom. The second-order valence-corrected chi connectivity index (χ2v) is 4.03. The third-order valence-corrected chi connectivity index (χ3v) is 2.60. The zero-order valence-electron chi connectivity index (χ0n) is 9.70. The Bertz CT molecular complexity index is 361. The molecule has 3 heteroatoms. The number of hydrogen-bond acceptors (Lipinski definition) is 2. The molecule has 88 valence electrons. The van der Waals surface area contributed by atoms with E-state index in [0.717, 1.165) is 30.4 Å². The summed E-state index contributed by atoms with van der Waals surface area (Å²) in [6.07, 6.45) is 4.05. The number of benzene rings is 1. The number of rotatable bonds is 6. The highest BCUT2D eigenvalue weighted by molar-refractivity contribution is 5.74. The SMILES string of the molecule is CCCCc1cc(CCC(N)=O)ccc1O. The number of unbranched alkanes of at least 4 members (excludes halogenated alkanes) is 1. The molecule has 0 saturated carbocycles. The number of aryl methyl sites for hydroxylation is 2. The molecule has 0 aromatic heterocycles. The number of primary amides is 1. The van der Waals surface area contributed by atoms with Crippen molar-refractivity contribution in [1.82, 2.24) is 0 Å². The predicted molar refractivity (Wildman–Crippen MR) is 64.2 cm³/mol. The lowest BCUT2D eigenvalue weighted by atomic mass is 10.0. The minimum atomic E-state index is -0.289. The number of carbonyl (C=O) groups is 1. The summed E-state index contributed by atoms with van der Waals surface area (Å²) >= 11 is 0. The maximum atomic E-state index is 10.7. The maximum Gasteiger partial charge on any atom is 0.217 e. The molecule has 0 atom stereocenters. The Morgan fingerprint density at radius 3 is 2.75 bits per heavy atom. The van der Waals surface area contributed by atoms with Crippen LogP contribution in [0.25, 0.3) is 0 Å². The zero-order valence-corrected chi connectivity index (χ0v) is 9.70. The first-order valence-electron chi connectivity index (χ1n) is 5.72. The minimum absolute atomic E-state index is 0.289. The first-order valence-corrected chi connectivity index (χ1v) is 5.72. The predicted octanol–water partition coefficient (Wildman–Crippen LogP) is 2.15. The number of hydrogen-bond donors (Lipinski definition) is 2. The Hall–Kier alpha value is -1.51. The maximum absolute atomic E-state index is 10.7. The molecule has 1 amide bonds. The summed E-state index contributed by atoms with van der Waals surface area (Å²) in [5, 5.41) is 9.65. The normalized spacial score (nSPS) is 10.3. The van der Waals surface area contributed by atoms with Crippen LogP contribution in [0, 0.1) is 0 Å². The van der Waals surface area contributed by atoms with Gasteiger partial charge in [-0.05, 0) is 36.5 Å². The van der Waals surface area contributed by atoms with E-state index in [2.05, 4.69) is 6.92 Å². The molecule has 1 aromatic carbocycles. The number of carbonyl (C=O) groups excluding carboxylic acids is 1. The summed E-state index contributed by atoms with van der Waals surface area (Å²) in [5.74, 6) is 0.0551. The van der Waals surface area contributed by atoms with E-state index in [1.165, 1.54) is 0 Å². The number of aromatic hydroxyl groups is 1. The third kappa shape index (κ3) is 3.93. The fourth-order valence-corrected chi connectivity index (χ4v) is 1.63. The van der Waals surface area contributed by atoms with Gasteiger partial charge in [-0.15, -0.1) is 0 Å². The van der Waals surface area contributed by atoms with Crippen LogP contribution in [0.3, 0.4) is 0 Å². The van der Waals surface area contributed by atoms with E-state index in [9.17, 15) is 9.90 Å². The van der Waals surface area contributed by atoms with E-state index in [-0.39, 0.29) is 5.91 Å². The lowest BCUT2D eigenvalue weighted by Crippen LogP contribution is -2.11. The molecule has 0 aliphatic rings. The molecule has 0 fully saturated rings. The monoisotopic (exact) mass is 221 g/mol. The van der Waals surface area contributed by atoms with E-state index >= 15 is 0 Å². The molecule has 0 aliphatic carbocycles. The molecule has 0 spiro atoms. The Labute approximate surface area is 96.3 Å². The summed E-state index contributed by atoms with van der Waals surface area (Å²) in [4.78, 5) is 10.7. The lowest BCUT2D eigenvalue weighted by Gasteiger charge is -2.06. The van der Waals surface area contributed by atoms with Crippen molar-refractivity contribution in [2.45, 2.75) is 39.0 Å². The molecule has 3 nitrogen and oxygen atoms in total. The van der Waals surface area contributed by atoms with Gasteiger partial charge < -0.3 is 10.8 Å². The first-order chi connectivity index (χ1) is 7.63. The third-order valence-electron chi connectivity index (χ3n) is 2.60. The van der Waals surface area contributed by atoms with Crippen LogP contribution >= 0.6 is 0 Å². The van der Waals surface area contributed by atoms with Gasteiger partial charge in [-0.25, -0.2) is 0 Å². The van der Waals surface area contributed by atoms with Crippen LogP contribution in [0.15, 0.2) is 18.2 Å². The van der Waals surface area contributed by atoms with Gasteiger partial charge in [-0.3, -0.25) is 4.79 Å². The van der Waals surface area contributed by atoms with Gasteiger partial charge in [0, 0.05) is 6.42 Å². The van der Waals surface area contributed by atoms with E-state index in [1.54, 1.807) is 6.07 Å². The van der Waals surface area contributed by atoms with Gasteiger partial charge in [0.05, 0.1) is 0 Å². The van der Waals surface area contributed by atoms with Crippen molar-refractivity contribution >= 4 is 5.91 Å². The number of nitrogens with two attached hydrogens (primary N) is 1. The summed E-state index contributed by atoms with van der Waals surface area (Å²) in [6, 6.07) is 5.50. The fraction of sp³-hybridized carbons (Fsp3) is 0.462. The molecule has 16 heavy (non-hydrogen) atoms. The largest absolute Gasteiger partial charge is 0.508 e. The molecule has 0 aliphatic heterocycles. The molecule has 1 rings (SSSR count). The van der Waals surface area contributed by atoms with Gasteiger partial charge in [-0.1, -0.05) is 25.5 Å². The topological polar surface area (TPSA) is 63.3 Å². The van der Waals surface area contributed by atoms with Crippen molar-refractivity contribution < 1.29 is 9.90 Å². The Morgan fingerprint density at radius 1 is 1.38 bits per heavy atom. The molecular formula is C13H19NO2. The van der Waals surface area contributed by atoms with Crippen LogP contribution in [0.4, 0.5) is 0 Å². The molecule has 3 N–H and O–H groups in total. The van der Waals surface area contributed by atoms with E-state index in [0.29, 0.717) is 18.6 Å². The average Bonchev–Trinajstić information content (AvgIpc) is 2.26. The summed E-state index contributed by atoms with van der Waals surface area (Å²) in [6.45, 7) is 2.12. The van der Waals surface area contributed by atoms with Gasteiger partial charge in [0.15, 0.2) is 0 Å². The highest BCUT2D eigenvalue weighted by Crippen LogP contribution is 2.21. The minimum Gasteiger partial charge on any atom is -0.508 e. The van der Waals surface area contributed by atoms with E-state index in [1.807, 2.05) is 12.1 Å². The number of phenolic OH excluding ortho intramolecular Hbond substituents is 1. The molecule has 0 heterocycles. The Kier molecular flexibility index (Phi) is 4.83. The molecule has 1 aromatic rings. The van der Waals surface area contributed by atoms with Crippen LogP contribution in [0.1, 0.15) is 37.3 Å². The second kappa shape index (κ2) is 6.16. The van der Waals surface area contributed by atoms with Crippen LogP contribution < -0.4 is 5.73 Å². The smallest absolute Gasteiger partial charge is 0.217 e. The van der Waals surface area contributed by atoms with Crippen LogP contribution in [-0.2, 0) is 17.6 Å². The second-order valence-electron chi connectivity index (χ2n) is 4.03. The van der Waals surface area contributed by atoms with Crippen molar-refractivity contribution in [2.75, 3.05) is 0 Å². The van der Waals surface area contributed by atoms with Crippen molar-refractivity contribution in [3.05, 3.63) is 29.3 Å². The van der Waals surface area contributed by atoms with E-state index < -0.39 is 0 Å². The zero-order chi connectivity index (χ0) is 12.0. The van der Waals surface area contributed by atoms with Crippen molar-refractivity contribution in [1.29, 1.82) is 0 Å². The molecule has 0 unspecified atom stereocenters. The molecule has 0 saturated heterocycles. The lowest BCUT2D eigenvalue weighted by molar-refractivity contribution is -0.117. The first kappa shape index (κ1) is 12.6. The highest BCUT2D eigenvalue weighted by atomic mass is 16.3. The quantitative estimate of drug-likeness (QED) is 0.773. The van der Waals surface area contributed by atoms with Crippen LogP contribution in [0.5, 0.6) is 5.75 Å².